The Bertz CT molecular complexity index is 652. The van der Waals surface area contributed by atoms with Gasteiger partial charge in [-0.05, 0) is 72.1 Å². The lowest BCUT2D eigenvalue weighted by atomic mass is 9.81. The van der Waals surface area contributed by atoms with Gasteiger partial charge >= 0.3 is 12.1 Å². The molecule has 1 heterocycles. The highest BCUT2D eigenvalue weighted by molar-refractivity contribution is 5.86. The van der Waals surface area contributed by atoms with Crippen LogP contribution in [0.4, 0.5) is 4.79 Å². The zero-order valence-electron chi connectivity index (χ0n) is 18.4. The van der Waals surface area contributed by atoms with E-state index in [1.165, 1.54) is 4.90 Å². The van der Waals surface area contributed by atoms with Crippen LogP contribution in [0.3, 0.4) is 0 Å². The van der Waals surface area contributed by atoms with E-state index in [0.717, 1.165) is 19.3 Å². The van der Waals surface area contributed by atoms with Gasteiger partial charge in [-0.2, -0.15) is 0 Å². The average molecular weight is 426 g/mol. The molecule has 2 fully saturated rings. The van der Waals surface area contributed by atoms with Crippen LogP contribution >= 0.6 is 0 Å². The first-order valence-corrected chi connectivity index (χ1v) is 10.8. The van der Waals surface area contributed by atoms with Crippen LogP contribution in [-0.4, -0.2) is 64.7 Å². The normalized spacial score (nSPS) is 25.3. The largest absolute Gasteiger partial charge is 0.480 e. The maximum absolute atomic E-state index is 12.7. The van der Waals surface area contributed by atoms with Crippen molar-refractivity contribution in [3.63, 3.8) is 0 Å². The quantitative estimate of drug-likeness (QED) is 0.597. The lowest BCUT2D eigenvalue weighted by Crippen LogP contribution is -2.48. The molecule has 0 aromatic rings. The first-order chi connectivity index (χ1) is 14.0. The van der Waals surface area contributed by atoms with Gasteiger partial charge in [-0.3, -0.25) is 9.59 Å². The molecule has 170 valence electrons. The summed E-state index contributed by atoms with van der Waals surface area (Å²) in [5.41, 5.74) is -0.629. The van der Waals surface area contributed by atoms with Crippen molar-refractivity contribution in [2.45, 2.75) is 83.9 Å². The topological polar surface area (TPSA) is 125 Å². The van der Waals surface area contributed by atoms with Crippen molar-refractivity contribution in [2.24, 2.45) is 11.8 Å². The predicted octanol–water partition coefficient (Wildman–Crippen LogP) is 1.90. The first kappa shape index (κ1) is 24.0. The number of ether oxygens (including phenoxy) is 1. The maximum atomic E-state index is 12.7. The van der Waals surface area contributed by atoms with Crippen LogP contribution in [0.5, 0.6) is 0 Å². The minimum absolute atomic E-state index is 0.0439. The van der Waals surface area contributed by atoms with Crippen molar-refractivity contribution in [2.75, 3.05) is 13.1 Å². The number of alkyl carbamates (subject to hydrolysis) is 1. The van der Waals surface area contributed by atoms with Gasteiger partial charge in [0.1, 0.15) is 17.7 Å². The third-order valence-electron chi connectivity index (χ3n) is 5.71. The Kier molecular flexibility index (Phi) is 8.09. The number of carbonyl (C=O) groups excluding carboxylic acids is 3. The Morgan fingerprint density at radius 1 is 1.10 bits per heavy atom. The highest BCUT2D eigenvalue weighted by Crippen LogP contribution is 2.31. The Morgan fingerprint density at radius 3 is 2.30 bits per heavy atom. The molecule has 0 bridgehead atoms. The fourth-order valence-corrected chi connectivity index (χ4v) is 4.08. The summed E-state index contributed by atoms with van der Waals surface area (Å²) in [6.45, 7) is 7.87. The number of carboxylic acid groups (broad SMARTS) is 1. The van der Waals surface area contributed by atoms with Gasteiger partial charge in [0.05, 0.1) is 0 Å². The van der Waals surface area contributed by atoms with Crippen molar-refractivity contribution >= 4 is 23.9 Å². The molecule has 0 aromatic heterocycles. The molecule has 1 saturated carbocycles. The summed E-state index contributed by atoms with van der Waals surface area (Å²) in [5.74, 6) is -1.12. The van der Waals surface area contributed by atoms with Gasteiger partial charge in [0.15, 0.2) is 0 Å². The average Bonchev–Trinajstić information content (AvgIpc) is 3.14. The number of amides is 3. The molecule has 2 rings (SSSR count). The van der Waals surface area contributed by atoms with Crippen LogP contribution in [0.2, 0.25) is 0 Å². The van der Waals surface area contributed by atoms with Crippen LogP contribution in [0.15, 0.2) is 0 Å². The molecule has 2 unspecified atom stereocenters. The third kappa shape index (κ3) is 6.88. The molecule has 3 amide bonds. The second-order valence-electron chi connectivity index (χ2n) is 9.36. The number of likely N-dealkylation sites (tertiary alicyclic amines) is 1. The Balaban J connectivity index is 1.72. The summed E-state index contributed by atoms with van der Waals surface area (Å²) in [6.07, 6.45) is 3.64. The number of nitrogens with zero attached hydrogens (tertiary/aromatic N) is 1. The lowest BCUT2D eigenvalue weighted by Gasteiger charge is -2.32. The number of carbonyl (C=O) groups is 4. The van der Waals surface area contributed by atoms with Crippen LogP contribution in [0, 0.1) is 11.8 Å². The minimum atomic E-state index is -0.925. The van der Waals surface area contributed by atoms with Gasteiger partial charge in [-0.1, -0.05) is 0 Å². The highest BCUT2D eigenvalue weighted by atomic mass is 16.6. The van der Waals surface area contributed by atoms with E-state index in [1.54, 1.807) is 27.7 Å². The molecule has 0 radical (unpaired) electrons. The van der Waals surface area contributed by atoms with Crippen LogP contribution < -0.4 is 10.6 Å². The molecule has 2 atom stereocenters. The van der Waals surface area contributed by atoms with E-state index in [2.05, 4.69) is 10.6 Å². The fraction of sp³-hybridized carbons (Fsp3) is 0.810. The molecule has 1 saturated heterocycles. The number of carboxylic acids is 1. The molecule has 2 aliphatic rings. The number of aliphatic carboxylic acids is 1. The summed E-state index contributed by atoms with van der Waals surface area (Å²) in [7, 11) is 0. The van der Waals surface area contributed by atoms with E-state index in [9.17, 15) is 24.3 Å². The Labute approximate surface area is 177 Å². The van der Waals surface area contributed by atoms with Gasteiger partial charge in [0.25, 0.3) is 0 Å². The number of hydrogen-bond acceptors (Lipinski definition) is 5. The molecule has 0 spiro atoms. The van der Waals surface area contributed by atoms with Crippen molar-refractivity contribution in [3.8, 4) is 0 Å². The zero-order valence-corrected chi connectivity index (χ0v) is 18.4. The van der Waals surface area contributed by atoms with Gasteiger partial charge in [0, 0.05) is 19.0 Å². The van der Waals surface area contributed by atoms with Gasteiger partial charge < -0.3 is 25.4 Å². The van der Waals surface area contributed by atoms with Crippen molar-refractivity contribution in [3.05, 3.63) is 0 Å². The standard InChI is InChI=1S/C21H35N3O6/c1-13(23-20(29)30-21(2,3)4)17(25)22-12-14-7-9-15(10-8-14)18(26)24-11-5-6-16(24)19(27)28/h13-16H,5-12H2,1-4H3,(H,22,25)(H,23,29)(H,27,28). The van der Waals surface area contributed by atoms with Crippen molar-refractivity contribution in [1.82, 2.24) is 15.5 Å². The van der Waals surface area contributed by atoms with Crippen molar-refractivity contribution < 1.29 is 29.0 Å². The molecular weight excluding hydrogens is 390 g/mol. The summed E-state index contributed by atoms with van der Waals surface area (Å²) in [6, 6.07) is -1.39. The van der Waals surface area contributed by atoms with E-state index >= 15 is 0 Å². The molecule has 9 heteroatoms. The monoisotopic (exact) mass is 425 g/mol. The molecule has 1 aliphatic carbocycles. The second-order valence-corrected chi connectivity index (χ2v) is 9.36. The van der Waals surface area contributed by atoms with E-state index in [0.29, 0.717) is 32.4 Å². The van der Waals surface area contributed by atoms with Crippen LogP contribution in [0.1, 0.15) is 66.2 Å². The fourth-order valence-electron chi connectivity index (χ4n) is 4.08. The van der Waals surface area contributed by atoms with Gasteiger partial charge in [0.2, 0.25) is 11.8 Å². The highest BCUT2D eigenvalue weighted by Gasteiger charge is 2.38. The lowest BCUT2D eigenvalue weighted by molar-refractivity contribution is -0.150. The van der Waals surface area contributed by atoms with Gasteiger partial charge in [-0.15, -0.1) is 0 Å². The Hall–Kier alpha value is -2.32. The summed E-state index contributed by atoms with van der Waals surface area (Å²) < 4.78 is 5.15. The molecule has 0 aromatic carbocycles. The number of nitrogens with one attached hydrogen (secondary N) is 2. The summed E-state index contributed by atoms with van der Waals surface area (Å²) in [5, 5.41) is 14.7. The number of rotatable bonds is 6. The number of hydrogen-bond donors (Lipinski definition) is 3. The smallest absolute Gasteiger partial charge is 0.408 e. The van der Waals surface area contributed by atoms with Crippen molar-refractivity contribution in [1.29, 1.82) is 0 Å². The Morgan fingerprint density at radius 2 is 1.73 bits per heavy atom. The second kappa shape index (κ2) is 10.1. The zero-order chi connectivity index (χ0) is 22.5. The molecule has 1 aliphatic heterocycles. The maximum Gasteiger partial charge on any atom is 0.408 e. The van der Waals surface area contributed by atoms with E-state index in [1.807, 2.05) is 0 Å². The molecule has 30 heavy (non-hydrogen) atoms. The summed E-state index contributed by atoms with van der Waals surface area (Å²) >= 11 is 0. The van der Waals surface area contributed by atoms with Crippen LogP contribution in [0.25, 0.3) is 0 Å². The SMILES string of the molecule is CC(NC(=O)OC(C)(C)C)C(=O)NCC1CCC(C(=O)N2CCCC2C(=O)O)CC1. The van der Waals surface area contributed by atoms with E-state index in [4.69, 9.17) is 4.74 Å². The summed E-state index contributed by atoms with van der Waals surface area (Å²) in [4.78, 5) is 49.6. The predicted molar refractivity (Wildman–Crippen MR) is 110 cm³/mol. The van der Waals surface area contributed by atoms with Gasteiger partial charge in [-0.25, -0.2) is 9.59 Å². The first-order valence-electron chi connectivity index (χ1n) is 10.8. The van der Waals surface area contributed by atoms with E-state index in [-0.39, 0.29) is 23.7 Å². The third-order valence-corrected chi connectivity index (χ3v) is 5.71. The molecule has 3 N–H and O–H groups in total. The van der Waals surface area contributed by atoms with Crippen LogP contribution in [-0.2, 0) is 19.1 Å². The minimum Gasteiger partial charge on any atom is -0.480 e. The molecule has 9 nitrogen and oxygen atoms in total. The molecular formula is C21H35N3O6. The van der Waals surface area contributed by atoms with E-state index < -0.39 is 29.7 Å².